The van der Waals surface area contributed by atoms with Gasteiger partial charge in [0.25, 0.3) is 5.91 Å². The summed E-state index contributed by atoms with van der Waals surface area (Å²) in [5.41, 5.74) is 2.32. The van der Waals surface area contributed by atoms with Gasteiger partial charge in [-0.25, -0.2) is 15.6 Å². The highest BCUT2D eigenvalue weighted by molar-refractivity contribution is 6.06. The standard InChI is InChI=1S/C11H15N5O2/c1-11(2)9(17)16(10(18)14-11)6-7-3-4-8(15-12)13-5-7/h3-5H,6,12H2,1-2H3,(H,13,15)(H,14,18). The summed E-state index contributed by atoms with van der Waals surface area (Å²) in [6, 6.07) is 3.05. The van der Waals surface area contributed by atoms with Crippen molar-refractivity contribution in [1.82, 2.24) is 15.2 Å². The number of carbonyl (C=O) groups excluding carboxylic acids is 2. The number of hydrazine groups is 1. The highest BCUT2D eigenvalue weighted by atomic mass is 16.2. The molecule has 4 N–H and O–H groups in total. The normalized spacial score (nSPS) is 17.8. The third-order valence-electron chi connectivity index (χ3n) is 2.76. The first-order valence-corrected chi connectivity index (χ1v) is 5.50. The van der Waals surface area contributed by atoms with Crippen LogP contribution in [0.15, 0.2) is 18.3 Å². The molecule has 1 aromatic rings. The minimum atomic E-state index is -0.844. The summed E-state index contributed by atoms with van der Waals surface area (Å²) in [6.07, 6.45) is 1.57. The lowest BCUT2D eigenvalue weighted by molar-refractivity contribution is -0.130. The summed E-state index contributed by atoms with van der Waals surface area (Å²) >= 11 is 0. The second-order valence-electron chi connectivity index (χ2n) is 4.64. The zero-order chi connectivity index (χ0) is 13.3. The summed E-state index contributed by atoms with van der Waals surface area (Å²) in [6.45, 7) is 3.55. The number of nitrogens with two attached hydrogens (primary N) is 1. The van der Waals surface area contributed by atoms with Gasteiger partial charge in [0.2, 0.25) is 0 Å². The second-order valence-corrected chi connectivity index (χ2v) is 4.64. The summed E-state index contributed by atoms with van der Waals surface area (Å²) < 4.78 is 0. The maximum absolute atomic E-state index is 12.0. The van der Waals surface area contributed by atoms with Crippen molar-refractivity contribution in [3.05, 3.63) is 23.9 Å². The molecule has 7 heteroatoms. The molecule has 2 heterocycles. The molecule has 96 valence electrons. The summed E-state index contributed by atoms with van der Waals surface area (Å²) in [7, 11) is 0. The first kappa shape index (κ1) is 12.3. The van der Waals surface area contributed by atoms with E-state index in [1.165, 1.54) is 4.90 Å². The van der Waals surface area contributed by atoms with Gasteiger partial charge in [-0.05, 0) is 25.5 Å². The molecule has 1 saturated heterocycles. The number of amides is 3. The minimum Gasteiger partial charge on any atom is -0.324 e. The van der Waals surface area contributed by atoms with E-state index >= 15 is 0 Å². The van der Waals surface area contributed by atoms with Crippen LogP contribution in [0.5, 0.6) is 0 Å². The zero-order valence-electron chi connectivity index (χ0n) is 10.2. The van der Waals surface area contributed by atoms with Crippen molar-refractivity contribution in [2.75, 3.05) is 5.43 Å². The van der Waals surface area contributed by atoms with Crippen LogP contribution in [0.2, 0.25) is 0 Å². The largest absolute Gasteiger partial charge is 0.325 e. The van der Waals surface area contributed by atoms with Crippen LogP contribution < -0.4 is 16.6 Å². The van der Waals surface area contributed by atoms with Crippen molar-refractivity contribution in [3.8, 4) is 0 Å². The van der Waals surface area contributed by atoms with Crippen LogP contribution in [0.1, 0.15) is 19.4 Å². The summed E-state index contributed by atoms with van der Waals surface area (Å²) in [5.74, 6) is 5.48. The Kier molecular flexibility index (Phi) is 2.92. The first-order valence-electron chi connectivity index (χ1n) is 5.50. The van der Waals surface area contributed by atoms with Gasteiger partial charge in [0.15, 0.2) is 0 Å². The fraction of sp³-hybridized carbons (Fsp3) is 0.364. The van der Waals surface area contributed by atoms with Gasteiger partial charge in [-0.15, -0.1) is 0 Å². The average molecular weight is 249 g/mol. The van der Waals surface area contributed by atoms with Crippen LogP contribution in [0.25, 0.3) is 0 Å². The molecule has 7 nitrogen and oxygen atoms in total. The van der Waals surface area contributed by atoms with Gasteiger partial charge in [0.05, 0.1) is 6.54 Å². The maximum atomic E-state index is 12.0. The Morgan fingerprint density at radius 3 is 2.61 bits per heavy atom. The van der Waals surface area contributed by atoms with E-state index in [9.17, 15) is 9.59 Å². The lowest BCUT2D eigenvalue weighted by Gasteiger charge is -2.15. The molecule has 0 aromatic carbocycles. The Morgan fingerprint density at radius 1 is 1.44 bits per heavy atom. The average Bonchev–Trinajstić information content (AvgIpc) is 2.52. The number of aromatic nitrogens is 1. The molecule has 1 aliphatic rings. The monoisotopic (exact) mass is 249 g/mol. The molecule has 0 radical (unpaired) electrons. The van der Waals surface area contributed by atoms with E-state index in [1.54, 1.807) is 32.2 Å². The van der Waals surface area contributed by atoms with E-state index in [2.05, 4.69) is 15.7 Å². The third-order valence-corrected chi connectivity index (χ3v) is 2.76. The number of rotatable bonds is 3. The molecule has 1 aromatic heterocycles. The smallest absolute Gasteiger partial charge is 0.324 e. The van der Waals surface area contributed by atoms with Crippen molar-refractivity contribution >= 4 is 17.8 Å². The molecule has 1 aliphatic heterocycles. The molecule has 0 aliphatic carbocycles. The van der Waals surface area contributed by atoms with Gasteiger partial charge < -0.3 is 10.7 Å². The molecule has 0 unspecified atom stereocenters. The van der Waals surface area contributed by atoms with Gasteiger partial charge in [0, 0.05) is 6.20 Å². The van der Waals surface area contributed by atoms with Crippen molar-refractivity contribution in [1.29, 1.82) is 0 Å². The van der Waals surface area contributed by atoms with Gasteiger partial charge >= 0.3 is 6.03 Å². The summed E-state index contributed by atoms with van der Waals surface area (Å²) in [4.78, 5) is 28.8. The highest BCUT2D eigenvalue weighted by Crippen LogP contribution is 2.19. The zero-order valence-corrected chi connectivity index (χ0v) is 10.2. The van der Waals surface area contributed by atoms with Crippen molar-refractivity contribution < 1.29 is 9.59 Å². The Morgan fingerprint density at radius 2 is 2.17 bits per heavy atom. The van der Waals surface area contributed by atoms with E-state index < -0.39 is 5.54 Å². The van der Waals surface area contributed by atoms with Crippen LogP contribution in [-0.2, 0) is 11.3 Å². The van der Waals surface area contributed by atoms with Crippen LogP contribution >= 0.6 is 0 Å². The Labute approximate surface area is 104 Å². The molecule has 3 amide bonds. The minimum absolute atomic E-state index is 0.200. The SMILES string of the molecule is CC1(C)NC(=O)N(Cc2ccc(NN)nc2)C1=O. The van der Waals surface area contributed by atoms with E-state index in [0.29, 0.717) is 5.82 Å². The molecule has 0 saturated carbocycles. The molecule has 0 bridgehead atoms. The molecule has 2 rings (SSSR count). The quantitative estimate of drug-likeness (QED) is 0.403. The van der Waals surface area contributed by atoms with Crippen molar-refractivity contribution in [2.24, 2.45) is 5.84 Å². The van der Waals surface area contributed by atoms with Gasteiger partial charge in [-0.3, -0.25) is 9.69 Å². The van der Waals surface area contributed by atoms with Crippen LogP contribution in [-0.4, -0.2) is 27.4 Å². The van der Waals surface area contributed by atoms with Crippen LogP contribution in [0, 0.1) is 0 Å². The number of nitrogen functional groups attached to an aromatic ring is 1. The van der Waals surface area contributed by atoms with Crippen molar-refractivity contribution in [2.45, 2.75) is 25.9 Å². The van der Waals surface area contributed by atoms with Crippen LogP contribution in [0.3, 0.4) is 0 Å². The number of imide groups is 1. The number of pyridine rings is 1. The number of nitrogens with zero attached hydrogens (tertiary/aromatic N) is 2. The Hall–Kier alpha value is -2.15. The number of hydrogen-bond acceptors (Lipinski definition) is 5. The second kappa shape index (κ2) is 4.26. The van der Waals surface area contributed by atoms with E-state index in [4.69, 9.17) is 5.84 Å². The molecule has 0 spiro atoms. The number of anilines is 1. The van der Waals surface area contributed by atoms with Crippen LogP contribution in [0.4, 0.5) is 10.6 Å². The lowest BCUT2D eigenvalue weighted by Crippen LogP contribution is -2.40. The number of carbonyl (C=O) groups is 2. The van der Waals surface area contributed by atoms with E-state index in [-0.39, 0.29) is 18.5 Å². The molecule has 18 heavy (non-hydrogen) atoms. The predicted octanol–water partition coefficient (Wildman–Crippen LogP) is 0.198. The maximum Gasteiger partial charge on any atom is 0.325 e. The number of hydrogen-bond donors (Lipinski definition) is 3. The Bertz CT molecular complexity index is 483. The van der Waals surface area contributed by atoms with Gasteiger partial charge in [0.1, 0.15) is 11.4 Å². The topological polar surface area (TPSA) is 100 Å². The van der Waals surface area contributed by atoms with Gasteiger partial charge in [-0.1, -0.05) is 6.07 Å². The predicted molar refractivity (Wildman–Crippen MR) is 65.2 cm³/mol. The van der Waals surface area contributed by atoms with E-state index in [1.807, 2.05) is 0 Å². The highest BCUT2D eigenvalue weighted by Gasteiger charge is 2.44. The lowest BCUT2D eigenvalue weighted by atomic mass is 10.1. The molecular weight excluding hydrogens is 234 g/mol. The number of nitrogens with one attached hydrogen (secondary N) is 2. The molecular formula is C11H15N5O2. The number of urea groups is 1. The fourth-order valence-corrected chi connectivity index (χ4v) is 1.75. The fourth-order valence-electron chi connectivity index (χ4n) is 1.75. The van der Waals surface area contributed by atoms with Crippen molar-refractivity contribution in [3.63, 3.8) is 0 Å². The summed E-state index contributed by atoms with van der Waals surface area (Å²) in [5, 5.41) is 2.62. The molecule has 1 fully saturated rings. The Balaban J connectivity index is 2.14. The first-order chi connectivity index (χ1) is 8.44. The molecule has 0 atom stereocenters. The van der Waals surface area contributed by atoms with E-state index in [0.717, 1.165) is 5.56 Å². The van der Waals surface area contributed by atoms with Gasteiger partial charge in [-0.2, -0.15) is 0 Å². The third kappa shape index (κ3) is 2.12.